The molecule has 2 N–H and O–H groups in total. The van der Waals surface area contributed by atoms with E-state index in [1.54, 1.807) is 7.05 Å². The van der Waals surface area contributed by atoms with Gasteiger partial charge >= 0.3 is 0 Å². The number of nitrogen functional groups attached to an aromatic ring is 1. The molecule has 0 atom stereocenters. The highest BCUT2D eigenvalue weighted by atomic mass is 16.6. The molecule has 1 aromatic rings. The lowest BCUT2D eigenvalue weighted by molar-refractivity contribution is -0.385. The molecule has 1 heterocycles. The fourth-order valence-electron chi connectivity index (χ4n) is 1.67. The summed E-state index contributed by atoms with van der Waals surface area (Å²) in [5.41, 5.74) is 5.43. The highest BCUT2D eigenvalue weighted by Gasteiger charge is 2.19. The van der Waals surface area contributed by atoms with E-state index >= 15 is 0 Å². The molecule has 8 nitrogen and oxygen atoms in total. The Bertz CT molecular complexity index is 504. The van der Waals surface area contributed by atoms with Gasteiger partial charge in [-0.1, -0.05) is 0 Å². The van der Waals surface area contributed by atoms with Gasteiger partial charge in [0.25, 0.3) is 11.6 Å². The third-order valence-corrected chi connectivity index (χ3v) is 2.79. The van der Waals surface area contributed by atoms with E-state index in [1.165, 1.54) is 4.90 Å². The molecule has 1 rings (SSSR count). The van der Waals surface area contributed by atoms with Gasteiger partial charge in [-0.25, -0.2) is 4.98 Å². The summed E-state index contributed by atoms with van der Waals surface area (Å²) in [5, 5.41) is 10.7. The van der Waals surface area contributed by atoms with Gasteiger partial charge in [-0.15, -0.1) is 0 Å². The molecule has 110 valence electrons. The summed E-state index contributed by atoms with van der Waals surface area (Å²) in [7, 11) is 5.53. The summed E-state index contributed by atoms with van der Waals surface area (Å²) in [6.45, 7) is 1.39. The molecule has 0 fully saturated rings. The van der Waals surface area contributed by atoms with Crippen LogP contribution in [0.1, 0.15) is 16.8 Å². The van der Waals surface area contributed by atoms with E-state index in [2.05, 4.69) is 4.98 Å². The lowest BCUT2D eigenvalue weighted by atomic mass is 10.2. The standard InChI is InChI=1S/C12H19N5O3/c1-15(2)5-4-6-16(3)12(18)10-7-9(17(19)20)8-14-11(10)13/h7-8H,4-6H2,1-3H3,(H2,13,14). The minimum atomic E-state index is -0.602. The third-order valence-electron chi connectivity index (χ3n) is 2.79. The molecule has 1 aromatic heterocycles. The molecule has 0 aliphatic rings. The van der Waals surface area contributed by atoms with Gasteiger partial charge in [0.15, 0.2) is 0 Å². The Balaban J connectivity index is 2.80. The Hall–Kier alpha value is -2.22. The van der Waals surface area contributed by atoms with Gasteiger partial charge in [0.2, 0.25) is 0 Å². The molecule has 0 aliphatic carbocycles. The van der Waals surface area contributed by atoms with Crippen molar-refractivity contribution in [1.82, 2.24) is 14.8 Å². The monoisotopic (exact) mass is 281 g/mol. The molecule has 0 bridgehead atoms. The minimum absolute atomic E-state index is 0.0000552. The second kappa shape index (κ2) is 6.80. The molecular weight excluding hydrogens is 262 g/mol. The second-order valence-corrected chi connectivity index (χ2v) is 4.77. The number of hydrogen-bond acceptors (Lipinski definition) is 6. The van der Waals surface area contributed by atoms with Crippen LogP contribution in [0, 0.1) is 10.1 Å². The van der Waals surface area contributed by atoms with Crippen LogP contribution < -0.4 is 5.73 Å². The topological polar surface area (TPSA) is 106 Å². The van der Waals surface area contributed by atoms with Crippen molar-refractivity contribution in [3.8, 4) is 0 Å². The van der Waals surface area contributed by atoms with Crippen molar-refractivity contribution in [3.63, 3.8) is 0 Å². The molecule has 8 heteroatoms. The van der Waals surface area contributed by atoms with Crippen molar-refractivity contribution in [3.05, 3.63) is 27.9 Å². The van der Waals surface area contributed by atoms with Crippen LogP contribution in [-0.2, 0) is 0 Å². The van der Waals surface area contributed by atoms with Crippen molar-refractivity contribution in [2.45, 2.75) is 6.42 Å². The first-order valence-electron chi connectivity index (χ1n) is 6.13. The number of carbonyl (C=O) groups excluding carboxylic acids is 1. The predicted octanol–water partition coefficient (Wildman–Crippen LogP) is 0.596. The number of carbonyl (C=O) groups is 1. The Morgan fingerprint density at radius 1 is 1.40 bits per heavy atom. The molecule has 1 amide bonds. The average molecular weight is 281 g/mol. The van der Waals surface area contributed by atoms with Gasteiger partial charge < -0.3 is 15.5 Å². The maximum absolute atomic E-state index is 12.2. The number of nitro groups is 1. The van der Waals surface area contributed by atoms with Crippen LogP contribution in [-0.4, -0.2) is 59.8 Å². The zero-order valence-electron chi connectivity index (χ0n) is 11.9. The fraction of sp³-hybridized carbons (Fsp3) is 0.500. The number of nitrogens with zero attached hydrogens (tertiary/aromatic N) is 4. The van der Waals surface area contributed by atoms with Crippen LogP contribution in [0.4, 0.5) is 11.5 Å². The van der Waals surface area contributed by atoms with Crippen molar-refractivity contribution in [2.24, 2.45) is 0 Å². The first kappa shape index (κ1) is 15.8. The Labute approximate surface area is 117 Å². The Morgan fingerprint density at radius 3 is 2.60 bits per heavy atom. The first-order chi connectivity index (χ1) is 9.32. The van der Waals surface area contributed by atoms with Crippen molar-refractivity contribution in [2.75, 3.05) is 40.0 Å². The molecular formula is C12H19N5O3. The maximum Gasteiger partial charge on any atom is 0.288 e. The number of hydrogen-bond donors (Lipinski definition) is 1. The van der Waals surface area contributed by atoms with E-state index < -0.39 is 4.92 Å². The quantitative estimate of drug-likeness (QED) is 0.604. The van der Waals surface area contributed by atoms with Gasteiger partial charge in [0.05, 0.1) is 10.5 Å². The summed E-state index contributed by atoms with van der Waals surface area (Å²) < 4.78 is 0. The molecule has 0 radical (unpaired) electrons. The zero-order chi connectivity index (χ0) is 15.3. The molecule has 0 spiro atoms. The minimum Gasteiger partial charge on any atom is -0.383 e. The number of rotatable bonds is 6. The van der Waals surface area contributed by atoms with E-state index in [4.69, 9.17) is 5.73 Å². The van der Waals surface area contributed by atoms with Gasteiger partial charge in [-0.05, 0) is 27.1 Å². The molecule has 0 saturated carbocycles. The first-order valence-corrected chi connectivity index (χ1v) is 6.13. The van der Waals surface area contributed by atoms with E-state index in [9.17, 15) is 14.9 Å². The largest absolute Gasteiger partial charge is 0.383 e. The molecule has 0 saturated heterocycles. The smallest absolute Gasteiger partial charge is 0.288 e. The number of nitrogens with two attached hydrogens (primary N) is 1. The molecule has 0 aromatic carbocycles. The highest BCUT2D eigenvalue weighted by Crippen LogP contribution is 2.18. The van der Waals surface area contributed by atoms with Gasteiger partial charge in [0.1, 0.15) is 12.0 Å². The SMILES string of the molecule is CN(C)CCCN(C)C(=O)c1cc([N+](=O)[O-])cnc1N. The van der Waals surface area contributed by atoms with E-state index in [0.717, 1.165) is 25.2 Å². The lowest BCUT2D eigenvalue weighted by Crippen LogP contribution is -2.30. The average Bonchev–Trinajstić information content (AvgIpc) is 2.37. The summed E-state index contributed by atoms with van der Waals surface area (Å²) in [6, 6.07) is 1.16. The van der Waals surface area contributed by atoms with Crippen molar-refractivity contribution < 1.29 is 9.72 Å². The number of amides is 1. The number of aromatic nitrogens is 1. The van der Waals surface area contributed by atoms with E-state index in [0.29, 0.717) is 6.54 Å². The van der Waals surface area contributed by atoms with Gasteiger partial charge in [-0.3, -0.25) is 14.9 Å². The predicted molar refractivity (Wildman–Crippen MR) is 75.4 cm³/mol. The third kappa shape index (κ3) is 4.16. The van der Waals surface area contributed by atoms with Crippen molar-refractivity contribution >= 4 is 17.4 Å². The van der Waals surface area contributed by atoms with Crippen LogP contribution in [0.5, 0.6) is 0 Å². The van der Waals surface area contributed by atoms with E-state index in [-0.39, 0.29) is 23.0 Å². The normalized spacial score (nSPS) is 10.6. The summed E-state index contributed by atoms with van der Waals surface area (Å²) in [5.74, 6) is -0.363. The van der Waals surface area contributed by atoms with Gasteiger partial charge in [0, 0.05) is 19.7 Å². The van der Waals surface area contributed by atoms with Gasteiger partial charge in [-0.2, -0.15) is 0 Å². The van der Waals surface area contributed by atoms with Crippen molar-refractivity contribution in [1.29, 1.82) is 0 Å². The summed E-state index contributed by atoms with van der Waals surface area (Å²) in [6.07, 6.45) is 1.84. The summed E-state index contributed by atoms with van der Waals surface area (Å²) >= 11 is 0. The highest BCUT2D eigenvalue weighted by molar-refractivity contribution is 5.98. The second-order valence-electron chi connectivity index (χ2n) is 4.77. The zero-order valence-corrected chi connectivity index (χ0v) is 11.9. The molecule has 0 aliphatic heterocycles. The Morgan fingerprint density at radius 2 is 2.05 bits per heavy atom. The van der Waals surface area contributed by atoms with Crippen LogP contribution in [0.3, 0.4) is 0 Å². The van der Waals surface area contributed by atoms with Crippen LogP contribution in [0.25, 0.3) is 0 Å². The lowest BCUT2D eigenvalue weighted by Gasteiger charge is -2.19. The maximum atomic E-state index is 12.2. The molecule has 20 heavy (non-hydrogen) atoms. The number of pyridine rings is 1. The van der Waals surface area contributed by atoms with Crippen LogP contribution in [0.2, 0.25) is 0 Å². The van der Waals surface area contributed by atoms with Crippen LogP contribution in [0.15, 0.2) is 12.3 Å². The Kier molecular flexibility index (Phi) is 5.39. The fourth-order valence-corrected chi connectivity index (χ4v) is 1.67. The number of anilines is 1. The van der Waals surface area contributed by atoms with Crippen LogP contribution >= 0.6 is 0 Å². The van der Waals surface area contributed by atoms with E-state index in [1.807, 2.05) is 19.0 Å². The summed E-state index contributed by atoms with van der Waals surface area (Å²) in [4.78, 5) is 29.5. The molecule has 0 unspecified atom stereocenters.